The molecule has 0 bridgehead atoms. The van der Waals surface area contributed by atoms with E-state index in [-0.39, 0.29) is 5.56 Å². The van der Waals surface area contributed by atoms with Crippen molar-refractivity contribution in [3.63, 3.8) is 0 Å². The summed E-state index contributed by atoms with van der Waals surface area (Å²) >= 11 is 7.31. The molecular weight excluding hydrogens is 327 g/mol. The van der Waals surface area contributed by atoms with Gasteiger partial charge >= 0.3 is 0 Å². The zero-order chi connectivity index (χ0) is 15.1. The van der Waals surface area contributed by atoms with E-state index in [0.717, 1.165) is 5.01 Å². The normalized spacial score (nSPS) is 11.4. The maximum absolute atomic E-state index is 14.0. The van der Waals surface area contributed by atoms with Crippen LogP contribution in [0.1, 0.15) is 5.01 Å². The quantitative estimate of drug-likeness (QED) is 0.578. The summed E-state index contributed by atoms with van der Waals surface area (Å²) < 4.78 is 17.3. The fraction of sp³-hybridized carbons (Fsp3) is 0.0769. The molecule has 0 aliphatic rings. The lowest BCUT2D eigenvalue weighted by Gasteiger charge is -2.00. The summed E-state index contributed by atoms with van der Waals surface area (Å²) in [6, 6.07) is 6.14. The Kier molecular flexibility index (Phi) is 3.12. The van der Waals surface area contributed by atoms with Gasteiger partial charge in [0.05, 0.1) is 12.1 Å². The van der Waals surface area contributed by atoms with Crippen molar-refractivity contribution in [2.75, 3.05) is 0 Å². The van der Waals surface area contributed by atoms with E-state index in [1.54, 1.807) is 10.9 Å². The third kappa shape index (κ3) is 2.26. The lowest BCUT2D eigenvalue weighted by Crippen LogP contribution is -2.01. The Morgan fingerprint density at radius 1 is 1.27 bits per heavy atom. The molecule has 22 heavy (non-hydrogen) atoms. The van der Waals surface area contributed by atoms with Crippen LogP contribution in [0.4, 0.5) is 4.39 Å². The minimum atomic E-state index is -0.416. The number of nitrogens with zero attached hydrogens (tertiary/aromatic N) is 6. The zero-order valence-electron chi connectivity index (χ0n) is 11.0. The molecule has 3 heterocycles. The molecule has 9 heteroatoms. The molecule has 0 aliphatic heterocycles. The van der Waals surface area contributed by atoms with Gasteiger partial charge in [0.25, 0.3) is 0 Å². The van der Waals surface area contributed by atoms with Crippen LogP contribution in [0.5, 0.6) is 0 Å². The largest absolute Gasteiger partial charge is 0.266 e. The summed E-state index contributed by atoms with van der Waals surface area (Å²) in [6.45, 7) is 0.526. The van der Waals surface area contributed by atoms with E-state index in [4.69, 9.17) is 11.6 Å². The highest BCUT2D eigenvalue weighted by Gasteiger charge is 2.17. The molecule has 0 fully saturated rings. The molecule has 0 saturated heterocycles. The first-order valence-electron chi connectivity index (χ1n) is 6.35. The van der Waals surface area contributed by atoms with Crippen LogP contribution in [0.3, 0.4) is 0 Å². The average Bonchev–Trinajstić information content (AvgIpc) is 3.19. The van der Waals surface area contributed by atoms with E-state index >= 15 is 0 Å². The highest BCUT2D eigenvalue weighted by Crippen LogP contribution is 2.26. The summed E-state index contributed by atoms with van der Waals surface area (Å²) in [6.07, 6.45) is 3.55. The van der Waals surface area contributed by atoms with Gasteiger partial charge in [-0.05, 0) is 24.3 Å². The number of hydrogen-bond acceptors (Lipinski definition) is 5. The average molecular weight is 335 g/mol. The van der Waals surface area contributed by atoms with E-state index in [1.807, 2.05) is 12.3 Å². The molecule has 0 amide bonds. The monoisotopic (exact) mass is 334 g/mol. The van der Waals surface area contributed by atoms with Gasteiger partial charge in [0.1, 0.15) is 10.8 Å². The number of halogens is 2. The SMILES string of the molecule is Fc1ccc(Cl)cc1-c1nnc2sc(Cn3cccn3)nn12. The third-order valence-corrected chi connectivity index (χ3v) is 4.18. The summed E-state index contributed by atoms with van der Waals surface area (Å²) in [4.78, 5) is 0.594. The Labute approximate surface area is 132 Å². The minimum Gasteiger partial charge on any atom is -0.266 e. The van der Waals surface area contributed by atoms with Crippen LogP contribution in [0, 0.1) is 5.82 Å². The van der Waals surface area contributed by atoms with Crippen molar-refractivity contribution in [1.82, 2.24) is 29.6 Å². The molecule has 0 atom stereocenters. The molecule has 1 aromatic carbocycles. The number of hydrogen-bond donors (Lipinski definition) is 0. The Hall–Kier alpha value is -2.32. The minimum absolute atomic E-state index is 0.274. The molecule has 110 valence electrons. The van der Waals surface area contributed by atoms with Crippen molar-refractivity contribution in [3.8, 4) is 11.4 Å². The van der Waals surface area contributed by atoms with Gasteiger partial charge in [0.2, 0.25) is 4.96 Å². The van der Waals surface area contributed by atoms with Crippen LogP contribution >= 0.6 is 22.9 Å². The van der Waals surface area contributed by atoms with Gasteiger partial charge in [0, 0.05) is 17.4 Å². The lowest BCUT2D eigenvalue weighted by atomic mass is 10.2. The molecule has 0 N–H and O–H groups in total. The summed E-state index contributed by atoms with van der Waals surface area (Å²) in [7, 11) is 0. The van der Waals surface area contributed by atoms with Crippen LogP contribution < -0.4 is 0 Å². The topological polar surface area (TPSA) is 60.9 Å². The zero-order valence-corrected chi connectivity index (χ0v) is 12.6. The second-order valence-corrected chi connectivity index (χ2v) is 6.02. The van der Waals surface area contributed by atoms with Crippen molar-refractivity contribution in [2.24, 2.45) is 0 Å². The molecule has 4 rings (SSSR count). The lowest BCUT2D eigenvalue weighted by molar-refractivity contribution is 0.628. The van der Waals surface area contributed by atoms with Gasteiger partial charge in [-0.15, -0.1) is 10.2 Å². The highest BCUT2D eigenvalue weighted by molar-refractivity contribution is 7.16. The smallest absolute Gasteiger partial charge is 0.235 e. The van der Waals surface area contributed by atoms with Crippen LogP contribution in [-0.4, -0.2) is 29.6 Å². The first-order valence-corrected chi connectivity index (χ1v) is 7.54. The van der Waals surface area contributed by atoms with Crippen molar-refractivity contribution in [1.29, 1.82) is 0 Å². The van der Waals surface area contributed by atoms with Crippen molar-refractivity contribution in [3.05, 3.63) is 52.5 Å². The fourth-order valence-electron chi connectivity index (χ4n) is 2.09. The Morgan fingerprint density at radius 2 is 2.18 bits per heavy atom. The predicted molar refractivity (Wildman–Crippen MR) is 80.4 cm³/mol. The number of rotatable bonds is 3. The van der Waals surface area contributed by atoms with Gasteiger partial charge in [-0.3, -0.25) is 4.68 Å². The van der Waals surface area contributed by atoms with Crippen molar-refractivity contribution >= 4 is 27.9 Å². The van der Waals surface area contributed by atoms with Gasteiger partial charge in [-0.1, -0.05) is 22.9 Å². The summed E-state index contributed by atoms with van der Waals surface area (Å²) in [5, 5.41) is 17.9. The van der Waals surface area contributed by atoms with E-state index < -0.39 is 5.82 Å². The Morgan fingerprint density at radius 3 is 3.00 bits per heavy atom. The van der Waals surface area contributed by atoms with Crippen LogP contribution in [0.2, 0.25) is 5.02 Å². The second-order valence-electron chi connectivity index (χ2n) is 4.54. The second kappa shape index (κ2) is 5.15. The van der Waals surface area contributed by atoms with E-state index in [9.17, 15) is 4.39 Å². The first kappa shape index (κ1) is 13.4. The predicted octanol–water partition coefficient (Wildman–Crippen LogP) is 2.89. The number of benzene rings is 1. The maximum atomic E-state index is 14.0. The Balaban J connectivity index is 1.79. The first-order chi connectivity index (χ1) is 10.7. The van der Waals surface area contributed by atoms with Gasteiger partial charge < -0.3 is 0 Å². The van der Waals surface area contributed by atoms with Crippen LogP contribution in [0.25, 0.3) is 16.3 Å². The van der Waals surface area contributed by atoms with Crippen molar-refractivity contribution < 1.29 is 4.39 Å². The number of fused-ring (bicyclic) bond motifs is 1. The van der Waals surface area contributed by atoms with Gasteiger partial charge in [-0.25, -0.2) is 4.39 Å². The molecule has 0 radical (unpaired) electrons. The molecule has 0 spiro atoms. The molecular formula is C13H8ClFN6S. The highest BCUT2D eigenvalue weighted by atomic mass is 35.5. The molecule has 0 saturated carbocycles. The van der Waals surface area contributed by atoms with E-state index in [1.165, 1.54) is 34.1 Å². The van der Waals surface area contributed by atoms with Gasteiger partial charge in [0.15, 0.2) is 5.82 Å². The van der Waals surface area contributed by atoms with E-state index in [2.05, 4.69) is 20.4 Å². The standard InChI is InChI=1S/C13H8ClFN6S/c14-8-2-3-10(15)9(6-8)12-17-18-13-21(12)19-11(22-13)7-20-5-1-4-16-20/h1-6H,7H2. The summed E-state index contributed by atoms with van der Waals surface area (Å²) in [5.41, 5.74) is 0.274. The molecule has 0 aliphatic carbocycles. The van der Waals surface area contributed by atoms with Gasteiger partial charge in [-0.2, -0.15) is 14.7 Å². The third-order valence-electron chi connectivity index (χ3n) is 3.06. The summed E-state index contributed by atoms with van der Waals surface area (Å²) in [5.74, 6) is -0.0849. The maximum Gasteiger partial charge on any atom is 0.235 e. The molecule has 3 aromatic heterocycles. The molecule has 4 aromatic rings. The molecule has 0 unspecified atom stereocenters. The van der Waals surface area contributed by atoms with Crippen LogP contribution in [-0.2, 0) is 6.54 Å². The fourth-order valence-corrected chi connectivity index (χ4v) is 3.09. The van der Waals surface area contributed by atoms with E-state index in [0.29, 0.717) is 22.4 Å². The van der Waals surface area contributed by atoms with Crippen molar-refractivity contribution in [2.45, 2.75) is 6.54 Å². The molecule has 6 nitrogen and oxygen atoms in total. The number of aromatic nitrogens is 6. The Bertz CT molecular complexity index is 945. The van der Waals surface area contributed by atoms with Crippen LogP contribution in [0.15, 0.2) is 36.7 Å².